The summed E-state index contributed by atoms with van der Waals surface area (Å²) < 4.78 is 24.8. The van der Waals surface area contributed by atoms with Crippen LogP contribution in [-0.4, -0.2) is 32.6 Å². The van der Waals surface area contributed by atoms with Crippen molar-refractivity contribution in [3.63, 3.8) is 0 Å². The first-order valence-corrected chi connectivity index (χ1v) is 6.58. The standard InChI is InChI=1S/C3H8GeO5.Na/c5-3(6)1-2-4(7,8)9;/h7-9H,1-2H2,(H,5,6);/q;+1/p-1. The molecule has 0 saturated carbocycles. The van der Waals surface area contributed by atoms with Crippen molar-refractivity contribution in [3.05, 3.63) is 0 Å². The quantitative estimate of drug-likeness (QED) is 0.410. The number of carboxylic acids is 1. The number of carbonyl (C=O) groups excluding carboxylic acids is 1. The molecule has 7 heteroatoms. The minimum absolute atomic E-state index is 0. The zero-order chi connectivity index (χ0) is 7.49. The molecule has 0 aromatic carbocycles. The van der Waals surface area contributed by atoms with E-state index < -0.39 is 31.9 Å². The predicted molar refractivity (Wildman–Crippen MR) is 26.8 cm³/mol. The molecule has 0 saturated heterocycles. The Kier molecular flexibility index (Phi) is 7.46. The molecule has 0 unspecified atom stereocenters. The van der Waals surface area contributed by atoms with E-state index in [4.69, 9.17) is 12.4 Å². The third-order valence-corrected chi connectivity index (χ3v) is 2.60. The summed E-state index contributed by atoms with van der Waals surface area (Å²) in [4.78, 5) is 9.63. The van der Waals surface area contributed by atoms with Crippen LogP contribution in [0, 0.1) is 0 Å². The van der Waals surface area contributed by atoms with Gasteiger partial charge in [-0.05, 0) is 0 Å². The van der Waals surface area contributed by atoms with Gasteiger partial charge in [0.05, 0.1) is 0 Å². The van der Waals surface area contributed by atoms with Gasteiger partial charge in [-0.25, -0.2) is 0 Å². The van der Waals surface area contributed by atoms with E-state index in [1.165, 1.54) is 0 Å². The molecule has 0 aromatic rings. The molecule has 0 rings (SSSR count). The fourth-order valence-electron chi connectivity index (χ4n) is 0.270. The first-order valence-electron chi connectivity index (χ1n) is 2.29. The van der Waals surface area contributed by atoms with Gasteiger partial charge in [0.25, 0.3) is 0 Å². The molecule has 54 valence electrons. The molecule has 3 N–H and O–H groups in total. The largest absolute Gasteiger partial charge is 1.00 e. The van der Waals surface area contributed by atoms with Gasteiger partial charge in [0.2, 0.25) is 0 Å². The van der Waals surface area contributed by atoms with E-state index >= 15 is 0 Å². The second kappa shape index (κ2) is 5.53. The van der Waals surface area contributed by atoms with Gasteiger partial charge in [0, 0.05) is 0 Å². The molecule has 0 aliphatic rings. The Bertz CT molecular complexity index is 110. The van der Waals surface area contributed by atoms with Gasteiger partial charge in [-0.3, -0.25) is 0 Å². The van der Waals surface area contributed by atoms with Crippen LogP contribution in [0.1, 0.15) is 6.42 Å². The summed E-state index contributed by atoms with van der Waals surface area (Å²) in [5.41, 5.74) is 0. The smallest absolute Gasteiger partial charge is 1.00 e. The van der Waals surface area contributed by atoms with E-state index in [-0.39, 0.29) is 29.6 Å². The number of carbonyl (C=O) groups is 1. The van der Waals surface area contributed by atoms with Crippen molar-refractivity contribution in [1.82, 2.24) is 0 Å². The number of hydrogen-bond acceptors (Lipinski definition) is 5. The van der Waals surface area contributed by atoms with Gasteiger partial charge < -0.3 is 0 Å². The Balaban J connectivity index is 0. The first kappa shape index (κ1) is 13.5. The van der Waals surface area contributed by atoms with Crippen molar-refractivity contribution < 1.29 is 51.9 Å². The second-order valence-electron chi connectivity index (χ2n) is 1.65. The van der Waals surface area contributed by atoms with Crippen LogP contribution in [0.15, 0.2) is 0 Å². The molecule has 0 aliphatic carbocycles. The minimum Gasteiger partial charge on any atom is 1.00 e. The molecule has 0 spiro atoms. The van der Waals surface area contributed by atoms with E-state index in [0.29, 0.717) is 0 Å². The fraction of sp³-hybridized carbons (Fsp3) is 0.667. The molecule has 0 heterocycles. The zero-order valence-corrected chi connectivity index (χ0v) is 9.67. The van der Waals surface area contributed by atoms with Gasteiger partial charge in [0.15, 0.2) is 0 Å². The Morgan fingerprint density at radius 3 is 1.90 bits per heavy atom. The number of rotatable bonds is 3. The van der Waals surface area contributed by atoms with E-state index in [2.05, 4.69) is 0 Å². The summed E-state index contributed by atoms with van der Waals surface area (Å²) in [7, 11) is 0. The van der Waals surface area contributed by atoms with Crippen molar-refractivity contribution in [2.45, 2.75) is 11.7 Å². The van der Waals surface area contributed by atoms with Crippen LogP contribution in [0.5, 0.6) is 0 Å². The molecule has 0 atom stereocenters. The number of carboxylic acid groups (broad SMARTS) is 1. The summed E-state index contributed by atoms with van der Waals surface area (Å²) in [5, 5.41) is 9.18. The third kappa shape index (κ3) is 11.7. The minimum atomic E-state index is -4.58. The first-order chi connectivity index (χ1) is 3.92. The normalized spacial score (nSPS) is 10.3. The van der Waals surface area contributed by atoms with Gasteiger partial charge in [-0.2, -0.15) is 0 Å². The summed E-state index contributed by atoms with van der Waals surface area (Å²) in [5.74, 6) is -1.39. The maximum absolute atomic E-state index is 9.63. The maximum atomic E-state index is 9.63. The van der Waals surface area contributed by atoms with Crippen LogP contribution in [0.2, 0.25) is 5.25 Å². The Hall–Kier alpha value is 0.893. The second-order valence-corrected chi connectivity index (χ2v) is 5.94. The molecule has 0 amide bonds. The van der Waals surface area contributed by atoms with Crippen molar-refractivity contribution in [2.24, 2.45) is 0 Å². The summed E-state index contributed by atoms with van der Waals surface area (Å²) in [6.45, 7) is 0. The molecule has 0 aliphatic heterocycles. The van der Waals surface area contributed by atoms with Gasteiger partial charge in [-0.15, -0.1) is 0 Å². The summed E-state index contributed by atoms with van der Waals surface area (Å²) in [6.07, 6.45) is -0.497. The van der Waals surface area contributed by atoms with Gasteiger partial charge in [0.1, 0.15) is 0 Å². The average molecular weight is 219 g/mol. The van der Waals surface area contributed by atoms with Crippen molar-refractivity contribution in [3.8, 4) is 0 Å². The van der Waals surface area contributed by atoms with E-state index in [1.54, 1.807) is 0 Å². The molecule has 5 nitrogen and oxygen atoms in total. The Labute approximate surface area is 83.4 Å². The molecular formula is C3H7GeNaO5. The van der Waals surface area contributed by atoms with E-state index in [1.807, 2.05) is 0 Å². The SMILES string of the molecule is O=C([O-])C[CH2][Ge]([OH])([OH])[OH].[Na+]. The van der Waals surface area contributed by atoms with E-state index in [9.17, 15) is 9.90 Å². The third-order valence-electron chi connectivity index (χ3n) is 0.665. The molecule has 0 aromatic heterocycles. The molecule has 0 radical (unpaired) electrons. The molecule has 10 heavy (non-hydrogen) atoms. The van der Waals surface area contributed by atoms with Crippen LogP contribution >= 0.6 is 0 Å². The zero-order valence-electron chi connectivity index (χ0n) is 5.57. The van der Waals surface area contributed by atoms with Gasteiger partial charge in [-0.1, -0.05) is 0 Å². The van der Waals surface area contributed by atoms with Crippen LogP contribution in [-0.2, 0) is 4.79 Å². The van der Waals surface area contributed by atoms with Crippen molar-refractivity contribution in [2.75, 3.05) is 0 Å². The van der Waals surface area contributed by atoms with Crippen molar-refractivity contribution in [1.29, 1.82) is 0 Å². The predicted octanol–water partition coefficient (Wildman–Crippen LogP) is -5.95. The fourth-order valence-corrected chi connectivity index (χ4v) is 1.40. The van der Waals surface area contributed by atoms with Crippen LogP contribution in [0.25, 0.3) is 0 Å². The molecular weight excluding hydrogens is 212 g/mol. The topological polar surface area (TPSA) is 101 Å². The number of aliphatic carboxylic acids is 1. The van der Waals surface area contributed by atoms with Crippen LogP contribution in [0.4, 0.5) is 0 Å². The van der Waals surface area contributed by atoms with Crippen molar-refractivity contribution >= 4 is 20.2 Å². The summed E-state index contributed by atoms with van der Waals surface area (Å²) in [6, 6.07) is 0. The molecule has 0 bridgehead atoms. The number of hydrogen-bond donors (Lipinski definition) is 3. The van der Waals surface area contributed by atoms with Crippen LogP contribution < -0.4 is 34.7 Å². The van der Waals surface area contributed by atoms with E-state index in [0.717, 1.165) is 0 Å². The van der Waals surface area contributed by atoms with Crippen LogP contribution in [0.3, 0.4) is 0 Å². The molecule has 0 fully saturated rings. The monoisotopic (exact) mass is 220 g/mol. The maximum Gasteiger partial charge on any atom is 1.00 e. The van der Waals surface area contributed by atoms with Gasteiger partial charge >= 0.3 is 83.8 Å². The Morgan fingerprint density at radius 1 is 1.40 bits per heavy atom. The average Bonchev–Trinajstić information content (AvgIpc) is 1.59. The summed E-state index contributed by atoms with van der Waals surface area (Å²) >= 11 is -4.58. The Morgan fingerprint density at radius 2 is 1.80 bits per heavy atom.